The first-order valence-electron chi connectivity index (χ1n) is 6.12. The van der Waals surface area contributed by atoms with E-state index in [0.717, 1.165) is 34.2 Å². The number of rotatable bonds is 5. The molecule has 0 saturated carbocycles. The van der Waals surface area contributed by atoms with E-state index in [4.69, 9.17) is 4.74 Å². The Kier molecular flexibility index (Phi) is 4.01. The molecule has 0 saturated heterocycles. The average Bonchev–Trinajstić information content (AvgIpc) is 2.68. The van der Waals surface area contributed by atoms with Crippen LogP contribution in [0.3, 0.4) is 0 Å². The summed E-state index contributed by atoms with van der Waals surface area (Å²) >= 11 is 3.49. The van der Waals surface area contributed by atoms with E-state index in [1.807, 2.05) is 12.1 Å². The van der Waals surface area contributed by atoms with Gasteiger partial charge in [-0.3, -0.25) is 0 Å². The summed E-state index contributed by atoms with van der Waals surface area (Å²) in [5.74, 6) is 0. The van der Waals surface area contributed by atoms with Crippen molar-refractivity contribution >= 4 is 32.7 Å². The molecule has 1 aromatic heterocycles. The molecule has 19 heavy (non-hydrogen) atoms. The highest BCUT2D eigenvalue weighted by molar-refractivity contribution is 9.10. The van der Waals surface area contributed by atoms with E-state index in [0.29, 0.717) is 0 Å². The van der Waals surface area contributed by atoms with Gasteiger partial charge in [-0.15, -0.1) is 0 Å². The normalized spacial score (nSPS) is 12.0. The van der Waals surface area contributed by atoms with Crippen molar-refractivity contribution in [3.8, 4) is 0 Å². The molecule has 0 spiro atoms. The molecule has 2 aromatic rings. The lowest BCUT2D eigenvalue weighted by molar-refractivity contribution is 0.0185. The molecule has 0 amide bonds. The highest BCUT2D eigenvalue weighted by Gasteiger charge is 2.15. The van der Waals surface area contributed by atoms with E-state index in [-0.39, 0.29) is 11.3 Å². The summed E-state index contributed by atoms with van der Waals surface area (Å²) in [5.41, 5.74) is 2.20. The minimum Gasteiger partial charge on any atom is -0.384 e. The number of ether oxygens (including phenoxy) is 1. The van der Waals surface area contributed by atoms with Crippen molar-refractivity contribution in [3.63, 3.8) is 0 Å². The number of anilines is 1. The zero-order chi connectivity index (χ0) is 14.0. The van der Waals surface area contributed by atoms with Crippen molar-refractivity contribution in [3.05, 3.63) is 27.1 Å². The van der Waals surface area contributed by atoms with E-state index in [1.54, 1.807) is 7.11 Å². The Morgan fingerprint density at radius 3 is 2.58 bits per heavy atom. The van der Waals surface area contributed by atoms with Gasteiger partial charge in [-0.2, -0.15) is 0 Å². The minimum absolute atomic E-state index is 0.147. The largest absolute Gasteiger partial charge is 0.384 e. The highest BCUT2D eigenvalue weighted by Crippen LogP contribution is 2.26. The Morgan fingerprint density at radius 1 is 1.32 bits per heavy atom. The van der Waals surface area contributed by atoms with Crippen molar-refractivity contribution in [2.75, 3.05) is 19.0 Å². The van der Waals surface area contributed by atoms with Gasteiger partial charge in [0.15, 0.2) is 0 Å². The van der Waals surface area contributed by atoms with Crippen molar-refractivity contribution in [2.45, 2.75) is 25.9 Å². The monoisotopic (exact) mass is 327 g/mol. The summed E-state index contributed by atoms with van der Waals surface area (Å²) in [7, 11) is 1.71. The Hall–Kier alpha value is -1.27. The summed E-state index contributed by atoms with van der Waals surface area (Å²) in [5, 5.41) is 3.34. The van der Waals surface area contributed by atoms with Gasteiger partial charge in [0, 0.05) is 18.1 Å². The third-order valence-electron chi connectivity index (χ3n) is 3.20. The number of imidazole rings is 1. The van der Waals surface area contributed by atoms with Crippen LogP contribution < -0.4 is 11.0 Å². The van der Waals surface area contributed by atoms with Gasteiger partial charge < -0.3 is 20.0 Å². The molecule has 0 bridgehead atoms. The summed E-state index contributed by atoms with van der Waals surface area (Å²) < 4.78 is 6.30. The van der Waals surface area contributed by atoms with Crippen LogP contribution in [0.15, 0.2) is 21.4 Å². The molecule has 0 aliphatic carbocycles. The number of halogens is 1. The number of hydrogen-bond acceptors (Lipinski definition) is 3. The van der Waals surface area contributed by atoms with Gasteiger partial charge >= 0.3 is 5.69 Å². The molecule has 3 N–H and O–H groups in total. The molecule has 0 unspecified atom stereocenters. The van der Waals surface area contributed by atoms with Gasteiger partial charge in [0.2, 0.25) is 0 Å². The zero-order valence-electron chi connectivity index (χ0n) is 11.3. The lowest BCUT2D eigenvalue weighted by Gasteiger charge is -2.23. The second-order valence-corrected chi connectivity index (χ2v) is 5.95. The lowest BCUT2D eigenvalue weighted by Crippen LogP contribution is -2.25. The summed E-state index contributed by atoms with van der Waals surface area (Å²) in [6, 6.07) is 3.80. The second-order valence-electron chi connectivity index (χ2n) is 5.10. The van der Waals surface area contributed by atoms with Crippen LogP contribution in [0.5, 0.6) is 0 Å². The first-order valence-corrected chi connectivity index (χ1v) is 6.91. The minimum atomic E-state index is -0.195. The first kappa shape index (κ1) is 14.1. The molecule has 0 atom stereocenters. The van der Waals surface area contributed by atoms with Crippen LogP contribution in [0.4, 0.5) is 5.69 Å². The highest BCUT2D eigenvalue weighted by atomic mass is 79.9. The van der Waals surface area contributed by atoms with Crippen LogP contribution in [0.25, 0.3) is 11.0 Å². The van der Waals surface area contributed by atoms with Gasteiger partial charge in [0.25, 0.3) is 0 Å². The summed E-state index contributed by atoms with van der Waals surface area (Å²) in [4.78, 5) is 16.7. The fourth-order valence-corrected chi connectivity index (χ4v) is 2.28. The van der Waals surface area contributed by atoms with Gasteiger partial charge in [0.1, 0.15) is 0 Å². The van der Waals surface area contributed by atoms with E-state index in [2.05, 4.69) is 45.1 Å². The molecular weight excluding hydrogens is 310 g/mol. The van der Waals surface area contributed by atoms with Crippen LogP contribution in [0.1, 0.15) is 20.3 Å². The molecule has 0 aliphatic heterocycles. The predicted molar refractivity (Wildman–Crippen MR) is 80.8 cm³/mol. The Balaban J connectivity index is 2.12. The SMILES string of the molecule is COC(C)(C)CCNc1cc2[nH]c(=O)[nH]c2cc1Br. The van der Waals surface area contributed by atoms with Crippen molar-refractivity contribution in [1.82, 2.24) is 9.97 Å². The molecular formula is C13H18BrN3O2. The average molecular weight is 328 g/mol. The van der Waals surface area contributed by atoms with Crippen LogP contribution in [-0.2, 0) is 4.74 Å². The summed E-state index contributed by atoms with van der Waals surface area (Å²) in [6.45, 7) is 4.90. The number of hydrogen-bond donors (Lipinski definition) is 3. The number of aromatic amines is 2. The third kappa shape index (κ3) is 3.39. The number of aromatic nitrogens is 2. The topological polar surface area (TPSA) is 69.9 Å². The maximum atomic E-state index is 11.2. The first-order chi connectivity index (χ1) is 8.91. The fourth-order valence-electron chi connectivity index (χ4n) is 1.79. The number of benzene rings is 1. The van der Waals surface area contributed by atoms with E-state index < -0.39 is 0 Å². The van der Waals surface area contributed by atoms with Crippen molar-refractivity contribution < 1.29 is 4.74 Å². The number of H-pyrrole nitrogens is 2. The Morgan fingerprint density at radius 2 is 1.95 bits per heavy atom. The van der Waals surface area contributed by atoms with E-state index in [1.165, 1.54) is 0 Å². The molecule has 1 aromatic carbocycles. The van der Waals surface area contributed by atoms with E-state index >= 15 is 0 Å². The van der Waals surface area contributed by atoms with Crippen molar-refractivity contribution in [2.24, 2.45) is 0 Å². The van der Waals surface area contributed by atoms with Gasteiger partial charge in [-0.05, 0) is 48.3 Å². The fraction of sp³-hybridized carbons (Fsp3) is 0.462. The van der Waals surface area contributed by atoms with Gasteiger partial charge in [-0.1, -0.05) is 0 Å². The molecule has 0 fully saturated rings. The van der Waals surface area contributed by atoms with Crippen LogP contribution in [-0.4, -0.2) is 29.2 Å². The molecule has 2 rings (SSSR count). The molecule has 6 heteroatoms. The van der Waals surface area contributed by atoms with Gasteiger partial charge in [0.05, 0.1) is 22.3 Å². The molecule has 0 radical (unpaired) electrons. The number of methoxy groups -OCH3 is 1. The molecule has 1 heterocycles. The Labute approximate surface area is 119 Å². The number of fused-ring (bicyclic) bond motifs is 1. The van der Waals surface area contributed by atoms with Crippen LogP contribution in [0, 0.1) is 0 Å². The molecule has 0 aliphatic rings. The Bertz CT molecular complexity index is 630. The summed E-state index contributed by atoms with van der Waals surface area (Å²) in [6.07, 6.45) is 0.887. The second kappa shape index (κ2) is 5.38. The number of nitrogens with one attached hydrogen (secondary N) is 3. The quantitative estimate of drug-likeness (QED) is 0.790. The molecule has 5 nitrogen and oxygen atoms in total. The zero-order valence-corrected chi connectivity index (χ0v) is 12.8. The molecule has 104 valence electrons. The van der Waals surface area contributed by atoms with E-state index in [9.17, 15) is 4.79 Å². The van der Waals surface area contributed by atoms with Crippen LogP contribution in [0.2, 0.25) is 0 Å². The third-order valence-corrected chi connectivity index (χ3v) is 3.85. The standard InChI is InChI=1S/C13H18BrN3O2/c1-13(2,19-3)4-5-15-9-7-11-10(6-8(9)14)16-12(18)17-11/h6-7,15H,4-5H2,1-3H3,(H2,16,17,18). The maximum absolute atomic E-state index is 11.2. The smallest absolute Gasteiger partial charge is 0.323 e. The van der Waals surface area contributed by atoms with Crippen molar-refractivity contribution in [1.29, 1.82) is 0 Å². The van der Waals surface area contributed by atoms with Crippen LogP contribution >= 0.6 is 15.9 Å². The predicted octanol–water partition coefficient (Wildman–Crippen LogP) is 2.85. The lowest BCUT2D eigenvalue weighted by atomic mass is 10.1. The maximum Gasteiger partial charge on any atom is 0.323 e. The van der Waals surface area contributed by atoms with Gasteiger partial charge in [-0.25, -0.2) is 4.79 Å².